The highest BCUT2D eigenvalue weighted by atomic mass is 35.5. The largest absolute Gasteiger partial charge is 0.330 e. The second kappa shape index (κ2) is 10.8. The van der Waals surface area contributed by atoms with Crippen LogP contribution in [-0.4, -0.2) is 45.7 Å². The van der Waals surface area contributed by atoms with Crippen molar-refractivity contribution < 1.29 is 14.5 Å². The van der Waals surface area contributed by atoms with Crippen molar-refractivity contribution >= 4 is 40.4 Å². The summed E-state index contributed by atoms with van der Waals surface area (Å²) in [6.45, 7) is 5.89. The van der Waals surface area contributed by atoms with Gasteiger partial charge in [-0.15, -0.1) is 11.3 Å². The molecule has 2 unspecified atom stereocenters. The number of carbonyl (C=O) groups excluding carboxylic acids is 2. The minimum Gasteiger partial charge on any atom is -0.330 e. The van der Waals surface area contributed by atoms with Crippen LogP contribution < -0.4 is 0 Å². The van der Waals surface area contributed by atoms with Gasteiger partial charge in [-0.2, -0.15) is 0 Å². The number of hydrogen-bond acceptors (Lipinski definition) is 5. The van der Waals surface area contributed by atoms with Crippen molar-refractivity contribution in [3.63, 3.8) is 0 Å². The van der Waals surface area contributed by atoms with E-state index in [0.717, 1.165) is 17.5 Å². The van der Waals surface area contributed by atoms with E-state index in [4.69, 9.17) is 11.6 Å². The quantitative estimate of drug-likeness (QED) is 0.278. The number of nitro benzene ring substituents is 1. The summed E-state index contributed by atoms with van der Waals surface area (Å²) in [5.74, 6) is -0.556. The van der Waals surface area contributed by atoms with Crippen molar-refractivity contribution in [2.45, 2.75) is 45.7 Å². The molecule has 0 bridgehead atoms. The molecule has 7 nitrogen and oxygen atoms in total. The van der Waals surface area contributed by atoms with E-state index in [9.17, 15) is 19.7 Å². The lowest BCUT2D eigenvalue weighted by atomic mass is 9.93. The average Bonchev–Trinajstić information content (AvgIpc) is 3.35. The van der Waals surface area contributed by atoms with E-state index in [1.54, 1.807) is 30.4 Å². The fourth-order valence-electron chi connectivity index (χ4n) is 4.58. The summed E-state index contributed by atoms with van der Waals surface area (Å²) in [7, 11) is 0. The van der Waals surface area contributed by atoms with Crippen molar-refractivity contribution in [1.82, 2.24) is 9.80 Å². The van der Waals surface area contributed by atoms with Gasteiger partial charge in [-0.05, 0) is 67.5 Å². The van der Waals surface area contributed by atoms with E-state index < -0.39 is 10.8 Å². The Hall–Kier alpha value is -3.23. The number of rotatable bonds is 7. The Bertz CT molecular complexity index is 1290. The van der Waals surface area contributed by atoms with Gasteiger partial charge < -0.3 is 9.80 Å². The Morgan fingerprint density at radius 2 is 1.94 bits per heavy atom. The predicted molar refractivity (Wildman–Crippen MR) is 142 cm³/mol. The number of carbonyl (C=O) groups is 2. The zero-order chi connectivity index (χ0) is 26.0. The van der Waals surface area contributed by atoms with Crippen LogP contribution >= 0.6 is 22.9 Å². The van der Waals surface area contributed by atoms with E-state index in [1.807, 2.05) is 48.4 Å². The summed E-state index contributed by atoms with van der Waals surface area (Å²) in [4.78, 5) is 42.8. The zero-order valence-corrected chi connectivity index (χ0v) is 22.0. The monoisotopic (exact) mass is 525 g/mol. The lowest BCUT2D eigenvalue weighted by Gasteiger charge is -2.38. The third-order valence-corrected chi connectivity index (χ3v) is 8.06. The first-order chi connectivity index (χ1) is 17.2. The highest BCUT2D eigenvalue weighted by Crippen LogP contribution is 2.38. The summed E-state index contributed by atoms with van der Waals surface area (Å²) >= 11 is 7.80. The van der Waals surface area contributed by atoms with Gasteiger partial charge in [0.2, 0.25) is 5.91 Å². The van der Waals surface area contributed by atoms with Crippen LogP contribution in [-0.2, 0) is 11.2 Å². The first-order valence-electron chi connectivity index (χ1n) is 11.9. The van der Waals surface area contributed by atoms with Gasteiger partial charge in [0.1, 0.15) is 6.54 Å². The molecule has 1 aliphatic rings. The Morgan fingerprint density at radius 1 is 1.22 bits per heavy atom. The Kier molecular flexibility index (Phi) is 7.76. The normalized spacial score (nSPS) is 15.8. The molecule has 2 amide bonds. The second-order valence-corrected chi connectivity index (χ2v) is 10.5. The lowest BCUT2D eigenvalue weighted by Crippen LogP contribution is -2.49. The van der Waals surface area contributed by atoms with E-state index in [0.29, 0.717) is 23.6 Å². The van der Waals surface area contributed by atoms with E-state index >= 15 is 0 Å². The highest BCUT2D eigenvalue weighted by Gasteiger charge is 2.35. The number of halogens is 1. The van der Waals surface area contributed by atoms with E-state index in [2.05, 4.69) is 6.07 Å². The fraction of sp³-hybridized carbons (Fsp3) is 0.333. The summed E-state index contributed by atoms with van der Waals surface area (Å²) in [6, 6.07) is 13.5. The van der Waals surface area contributed by atoms with Crippen molar-refractivity contribution in [3.8, 4) is 0 Å². The molecular formula is C27H28ClN3O4S. The molecule has 0 aliphatic carbocycles. The van der Waals surface area contributed by atoms with Crippen LogP contribution in [0.1, 0.15) is 58.2 Å². The zero-order valence-electron chi connectivity index (χ0n) is 20.4. The molecule has 0 saturated carbocycles. The van der Waals surface area contributed by atoms with Gasteiger partial charge in [0.25, 0.3) is 11.6 Å². The Morgan fingerprint density at radius 3 is 2.61 bits per heavy atom. The number of aryl methyl sites for hydroxylation is 1. The maximum Gasteiger partial charge on any atom is 0.273 e. The van der Waals surface area contributed by atoms with Gasteiger partial charge in [-0.1, -0.05) is 36.7 Å². The number of hydrogen-bond donors (Lipinski definition) is 0. The predicted octanol–water partition coefficient (Wildman–Crippen LogP) is 6.03. The summed E-state index contributed by atoms with van der Waals surface area (Å²) < 4.78 is 0. The van der Waals surface area contributed by atoms with Gasteiger partial charge in [-0.3, -0.25) is 19.7 Å². The molecule has 0 N–H and O–H groups in total. The van der Waals surface area contributed by atoms with Crippen LogP contribution in [0, 0.1) is 17.0 Å². The minimum absolute atomic E-state index is 0.111. The highest BCUT2D eigenvalue weighted by molar-refractivity contribution is 7.10. The fourth-order valence-corrected chi connectivity index (χ4v) is 5.61. The second-order valence-electron chi connectivity index (χ2n) is 9.04. The van der Waals surface area contributed by atoms with Crippen molar-refractivity contribution in [2.75, 3.05) is 13.1 Å². The van der Waals surface area contributed by atoms with E-state index in [1.165, 1.54) is 15.8 Å². The van der Waals surface area contributed by atoms with Crippen LogP contribution in [0.2, 0.25) is 5.02 Å². The lowest BCUT2D eigenvalue weighted by molar-refractivity contribution is -0.385. The first-order valence-corrected chi connectivity index (χ1v) is 13.1. The average molecular weight is 526 g/mol. The molecule has 2 aromatic carbocycles. The molecule has 36 heavy (non-hydrogen) atoms. The maximum absolute atomic E-state index is 13.8. The number of nitrogens with zero attached hydrogens (tertiary/aromatic N) is 3. The summed E-state index contributed by atoms with van der Waals surface area (Å²) in [5, 5.41) is 14.1. The number of thiophene rings is 1. The molecule has 9 heteroatoms. The van der Waals surface area contributed by atoms with Gasteiger partial charge in [0.15, 0.2) is 0 Å². The Balaban J connectivity index is 1.65. The smallest absolute Gasteiger partial charge is 0.273 e. The summed E-state index contributed by atoms with van der Waals surface area (Å²) in [5.41, 5.74) is 2.63. The van der Waals surface area contributed by atoms with Crippen LogP contribution in [0.5, 0.6) is 0 Å². The van der Waals surface area contributed by atoms with Crippen molar-refractivity contribution in [2.24, 2.45) is 0 Å². The molecule has 0 fully saturated rings. The van der Waals surface area contributed by atoms with Gasteiger partial charge in [-0.25, -0.2) is 0 Å². The maximum atomic E-state index is 13.8. The minimum atomic E-state index is -0.492. The van der Waals surface area contributed by atoms with E-state index in [-0.39, 0.29) is 35.8 Å². The Labute approximate surface area is 219 Å². The molecular weight excluding hydrogens is 498 g/mol. The third-order valence-electron chi connectivity index (χ3n) is 6.81. The third kappa shape index (κ3) is 5.15. The molecule has 4 rings (SSSR count). The van der Waals surface area contributed by atoms with Crippen LogP contribution in [0.25, 0.3) is 0 Å². The van der Waals surface area contributed by atoms with Gasteiger partial charge in [0.05, 0.1) is 11.0 Å². The van der Waals surface area contributed by atoms with Gasteiger partial charge >= 0.3 is 0 Å². The molecule has 2 heterocycles. The summed E-state index contributed by atoms with van der Waals surface area (Å²) in [6.07, 6.45) is 1.40. The molecule has 0 radical (unpaired) electrons. The van der Waals surface area contributed by atoms with Crippen molar-refractivity contribution in [3.05, 3.63) is 96.2 Å². The molecule has 0 spiro atoms. The molecule has 188 valence electrons. The van der Waals surface area contributed by atoms with Crippen LogP contribution in [0.15, 0.2) is 53.9 Å². The molecule has 1 aromatic heterocycles. The standard InChI is InChI=1S/C27H28ClN3O4S/c1-4-18(3)30(27(33)20-6-5-17(2)23(15-20)31(34)35)16-25(32)29-13-11-24-22(12-14-36-24)26(29)19-7-9-21(28)10-8-19/h5-10,12,14-15,18,26H,4,11,13,16H2,1-3H3. The van der Waals surface area contributed by atoms with Gasteiger partial charge in [0, 0.05) is 39.7 Å². The molecule has 1 aliphatic heterocycles. The SMILES string of the molecule is CCC(C)N(CC(=O)N1CCc2sccc2C1c1ccc(Cl)cc1)C(=O)c1ccc(C)c([N+](=O)[O-])c1. The first kappa shape index (κ1) is 25.9. The number of benzene rings is 2. The number of amides is 2. The molecule has 3 aromatic rings. The van der Waals surface area contributed by atoms with Crippen LogP contribution in [0.4, 0.5) is 5.69 Å². The number of nitro groups is 1. The molecule has 0 saturated heterocycles. The number of fused-ring (bicyclic) bond motifs is 1. The topological polar surface area (TPSA) is 83.8 Å². The van der Waals surface area contributed by atoms with Crippen LogP contribution in [0.3, 0.4) is 0 Å². The van der Waals surface area contributed by atoms with Crippen molar-refractivity contribution in [1.29, 1.82) is 0 Å². The molecule has 2 atom stereocenters.